The Labute approximate surface area is 141 Å². The number of aromatic nitrogens is 2. The number of carbonyl (C=O) groups is 1. The minimum atomic E-state index is 0.0352. The second-order valence-electron chi connectivity index (χ2n) is 6.18. The second kappa shape index (κ2) is 7.47. The van der Waals surface area contributed by atoms with E-state index in [1.165, 1.54) is 6.42 Å². The van der Waals surface area contributed by atoms with Gasteiger partial charge in [0.1, 0.15) is 5.75 Å². The van der Waals surface area contributed by atoms with E-state index in [1.807, 2.05) is 23.1 Å². The first-order chi connectivity index (χ1) is 11.7. The van der Waals surface area contributed by atoms with Crippen LogP contribution < -0.4 is 4.74 Å². The molecule has 6 nitrogen and oxygen atoms in total. The molecule has 2 heterocycles. The minimum absolute atomic E-state index is 0.0352. The van der Waals surface area contributed by atoms with Gasteiger partial charge in [0.05, 0.1) is 5.56 Å². The summed E-state index contributed by atoms with van der Waals surface area (Å²) in [5, 5.41) is 3.81. The van der Waals surface area contributed by atoms with Crippen molar-refractivity contribution in [3.63, 3.8) is 0 Å². The normalized spacial score (nSPS) is 17.8. The van der Waals surface area contributed by atoms with Crippen molar-refractivity contribution in [3.8, 4) is 5.75 Å². The maximum absolute atomic E-state index is 12.9. The molecule has 1 unspecified atom stereocenters. The quantitative estimate of drug-likeness (QED) is 0.842. The number of ether oxygens (including phenoxy) is 1. The Balaban J connectivity index is 1.72. The molecule has 6 heteroatoms. The number of hydrogen-bond acceptors (Lipinski definition) is 5. The first-order valence-electron chi connectivity index (χ1n) is 8.47. The van der Waals surface area contributed by atoms with Gasteiger partial charge < -0.3 is 14.2 Å². The monoisotopic (exact) mass is 329 g/mol. The highest BCUT2D eigenvalue weighted by Gasteiger charge is 2.25. The fourth-order valence-electron chi connectivity index (χ4n) is 3.06. The molecule has 0 saturated carbocycles. The maximum atomic E-state index is 12.9. The van der Waals surface area contributed by atoms with Crippen molar-refractivity contribution in [1.29, 1.82) is 0 Å². The molecule has 1 fully saturated rings. The Bertz CT molecular complexity index is 698. The highest BCUT2D eigenvalue weighted by atomic mass is 16.5. The van der Waals surface area contributed by atoms with Gasteiger partial charge in [-0.15, -0.1) is 0 Å². The lowest BCUT2D eigenvalue weighted by Crippen LogP contribution is -2.39. The van der Waals surface area contributed by atoms with Crippen molar-refractivity contribution in [2.75, 3.05) is 13.1 Å². The Morgan fingerprint density at radius 1 is 1.42 bits per heavy atom. The average Bonchev–Trinajstić information content (AvgIpc) is 3.05. The molecule has 3 rings (SSSR count). The van der Waals surface area contributed by atoms with Gasteiger partial charge in [0.15, 0.2) is 6.61 Å². The summed E-state index contributed by atoms with van der Waals surface area (Å²) in [7, 11) is 0. The van der Waals surface area contributed by atoms with E-state index in [4.69, 9.17) is 9.26 Å². The number of nitrogens with zero attached hydrogens (tertiary/aromatic N) is 3. The number of rotatable bonds is 5. The predicted molar refractivity (Wildman–Crippen MR) is 88.7 cm³/mol. The van der Waals surface area contributed by atoms with Gasteiger partial charge in [0.2, 0.25) is 11.7 Å². The zero-order valence-corrected chi connectivity index (χ0v) is 14.2. The van der Waals surface area contributed by atoms with Crippen molar-refractivity contribution in [1.82, 2.24) is 15.0 Å². The van der Waals surface area contributed by atoms with E-state index in [9.17, 15) is 4.79 Å². The van der Waals surface area contributed by atoms with Gasteiger partial charge in [-0.25, -0.2) is 0 Å². The second-order valence-corrected chi connectivity index (χ2v) is 6.18. The zero-order chi connectivity index (χ0) is 16.9. The fraction of sp³-hybridized carbons (Fsp3) is 0.500. The summed E-state index contributed by atoms with van der Waals surface area (Å²) in [5.41, 5.74) is 0.592. The Morgan fingerprint density at radius 3 is 3.00 bits per heavy atom. The predicted octanol–water partition coefficient (Wildman–Crippen LogP) is 3.22. The smallest absolute Gasteiger partial charge is 0.257 e. The molecule has 128 valence electrons. The third-order valence-electron chi connectivity index (χ3n) is 4.43. The largest absolute Gasteiger partial charge is 0.485 e. The number of para-hydroxylation sites is 1. The molecule has 1 saturated heterocycles. The van der Waals surface area contributed by atoms with Crippen LogP contribution in [0.5, 0.6) is 5.75 Å². The van der Waals surface area contributed by atoms with Crippen LogP contribution in [0.15, 0.2) is 28.8 Å². The van der Waals surface area contributed by atoms with Crippen molar-refractivity contribution in [2.45, 2.75) is 39.7 Å². The summed E-state index contributed by atoms with van der Waals surface area (Å²) >= 11 is 0. The molecule has 1 aliphatic heterocycles. The van der Waals surface area contributed by atoms with E-state index in [1.54, 1.807) is 13.0 Å². The van der Waals surface area contributed by atoms with E-state index in [2.05, 4.69) is 17.1 Å². The lowest BCUT2D eigenvalue weighted by molar-refractivity contribution is 0.0666. The minimum Gasteiger partial charge on any atom is -0.485 e. The molecule has 1 amide bonds. The van der Waals surface area contributed by atoms with E-state index >= 15 is 0 Å². The lowest BCUT2D eigenvalue weighted by atomic mass is 9.95. The average molecular weight is 329 g/mol. The van der Waals surface area contributed by atoms with Crippen LogP contribution in [0.2, 0.25) is 0 Å². The Hall–Kier alpha value is -2.37. The Kier molecular flexibility index (Phi) is 5.13. The van der Waals surface area contributed by atoms with Crippen LogP contribution in [0.1, 0.15) is 48.3 Å². The number of likely N-dealkylation sites (tertiary alicyclic amines) is 1. The molecule has 0 bridgehead atoms. The summed E-state index contributed by atoms with van der Waals surface area (Å²) in [6.45, 7) is 5.73. The Morgan fingerprint density at radius 2 is 2.25 bits per heavy atom. The molecule has 2 aromatic rings. The van der Waals surface area contributed by atoms with Crippen molar-refractivity contribution in [2.24, 2.45) is 5.92 Å². The molecule has 1 aromatic heterocycles. The van der Waals surface area contributed by atoms with Crippen molar-refractivity contribution >= 4 is 5.91 Å². The van der Waals surface area contributed by atoms with Crippen molar-refractivity contribution in [3.05, 3.63) is 41.5 Å². The fourth-order valence-corrected chi connectivity index (χ4v) is 3.06. The third kappa shape index (κ3) is 3.75. The summed E-state index contributed by atoms with van der Waals surface area (Å²) < 4.78 is 10.7. The third-order valence-corrected chi connectivity index (χ3v) is 4.43. The standard InChI is InChI=1S/C18H23N3O3/c1-3-14-7-6-10-21(11-14)18(22)15-8-4-5-9-16(15)23-12-17-19-13(2)24-20-17/h4-5,8-9,14H,3,6-7,10-12H2,1-2H3. The maximum Gasteiger partial charge on any atom is 0.257 e. The zero-order valence-electron chi connectivity index (χ0n) is 14.2. The molecule has 0 radical (unpaired) electrons. The van der Waals surface area contributed by atoms with Gasteiger partial charge in [0, 0.05) is 20.0 Å². The van der Waals surface area contributed by atoms with Crippen molar-refractivity contribution < 1.29 is 14.1 Å². The van der Waals surface area contributed by atoms with Crippen LogP contribution in [-0.4, -0.2) is 34.0 Å². The number of aryl methyl sites for hydroxylation is 1. The molecule has 0 N–H and O–H groups in total. The number of piperidine rings is 1. The van der Waals surface area contributed by atoms with Crippen LogP contribution in [0, 0.1) is 12.8 Å². The summed E-state index contributed by atoms with van der Waals surface area (Å²) in [5.74, 6) is 2.16. The number of hydrogen-bond donors (Lipinski definition) is 0. The SMILES string of the molecule is CCC1CCCN(C(=O)c2ccccc2OCc2noc(C)n2)C1. The lowest BCUT2D eigenvalue weighted by Gasteiger charge is -2.32. The van der Waals surface area contributed by atoms with Gasteiger partial charge in [-0.1, -0.05) is 30.6 Å². The van der Waals surface area contributed by atoms with Gasteiger partial charge in [0.25, 0.3) is 5.91 Å². The molecular formula is C18H23N3O3. The van der Waals surface area contributed by atoms with Crippen LogP contribution in [-0.2, 0) is 6.61 Å². The van der Waals surface area contributed by atoms with Gasteiger partial charge >= 0.3 is 0 Å². The van der Waals surface area contributed by atoms with E-state index in [-0.39, 0.29) is 12.5 Å². The molecule has 1 aliphatic rings. The summed E-state index contributed by atoms with van der Waals surface area (Å²) in [6.07, 6.45) is 3.38. The van der Waals surface area contributed by atoms with Gasteiger partial charge in [-0.05, 0) is 30.9 Å². The molecule has 1 aromatic carbocycles. The molecule has 24 heavy (non-hydrogen) atoms. The first kappa shape index (κ1) is 16.5. The molecule has 0 spiro atoms. The van der Waals surface area contributed by atoms with Gasteiger partial charge in [-0.3, -0.25) is 4.79 Å². The van der Waals surface area contributed by atoms with Crippen LogP contribution >= 0.6 is 0 Å². The summed E-state index contributed by atoms with van der Waals surface area (Å²) in [4.78, 5) is 18.9. The van der Waals surface area contributed by atoms with Crippen LogP contribution in [0.3, 0.4) is 0 Å². The molecule has 1 atom stereocenters. The van der Waals surface area contributed by atoms with E-state index in [0.717, 1.165) is 25.9 Å². The van der Waals surface area contributed by atoms with E-state index in [0.29, 0.717) is 28.9 Å². The number of carbonyl (C=O) groups excluding carboxylic acids is 1. The van der Waals surface area contributed by atoms with Gasteiger partial charge in [-0.2, -0.15) is 4.98 Å². The molecule has 0 aliphatic carbocycles. The number of amides is 1. The summed E-state index contributed by atoms with van der Waals surface area (Å²) in [6, 6.07) is 7.34. The number of benzene rings is 1. The van der Waals surface area contributed by atoms with E-state index < -0.39 is 0 Å². The topological polar surface area (TPSA) is 68.5 Å². The highest BCUT2D eigenvalue weighted by molar-refractivity contribution is 5.97. The molecular weight excluding hydrogens is 306 g/mol. The first-order valence-corrected chi connectivity index (χ1v) is 8.47. The highest BCUT2D eigenvalue weighted by Crippen LogP contribution is 2.25. The van der Waals surface area contributed by atoms with Crippen LogP contribution in [0.25, 0.3) is 0 Å². The van der Waals surface area contributed by atoms with Crippen LogP contribution in [0.4, 0.5) is 0 Å².